The van der Waals surface area contributed by atoms with Gasteiger partial charge in [-0.05, 0) is 48.4 Å². The van der Waals surface area contributed by atoms with Gasteiger partial charge in [-0.2, -0.15) is 0 Å². The molecule has 0 saturated heterocycles. The Kier molecular flexibility index (Phi) is 7.38. The fraction of sp³-hybridized carbons (Fsp3) is 0.316. The van der Waals surface area contributed by atoms with Crippen LogP contribution in [0.15, 0.2) is 53.4 Å². The van der Waals surface area contributed by atoms with Crippen molar-refractivity contribution in [1.29, 1.82) is 0 Å². The molecule has 1 aliphatic rings. The van der Waals surface area contributed by atoms with Crippen molar-refractivity contribution >= 4 is 28.3 Å². The van der Waals surface area contributed by atoms with Crippen molar-refractivity contribution in [1.82, 2.24) is 15.4 Å². The molecule has 27 heavy (non-hydrogen) atoms. The summed E-state index contributed by atoms with van der Waals surface area (Å²) in [4.78, 5) is 12.5. The molecule has 0 aliphatic carbocycles. The van der Waals surface area contributed by atoms with Crippen molar-refractivity contribution in [2.24, 2.45) is 0 Å². The van der Waals surface area contributed by atoms with Crippen molar-refractivity contribution < 1.29 is 13.2 Å². The summed E-state index contributed by atoms with van der Waals surface area (Å²) in [6, 6.07) is 14.3. The summed E-state index contributed by atoms with van der Waals surface area (Å²) in [5, 5.41) is 6.35. The summed E-state index contributed by atoms with van der Waals surface area (Å²) < 4.78 is 26.3. The number of fused-ring (bicyclic) bond motifs is 1. The van der Waals surface area contributed by atoms with Crippen LogP contribution >= 0.6 is 12.4 Å². The molecular weight excluding hydrogens is 386 g/mol. The molecule has 3 rings (SSSR count). The Morgan fingerprint density at radius 3 is 2.56 bits per heavy atom. The molecule has 2 aromatic rings. The normalized spacial score (nSPS) is 16.1. The number of sulfonamides is 1. The maximum absolute atomic E-state index is 12.4. The molecule has 1 unspecified atom stereocenters. The Bertz CT molecular complexity index is 885. The van der Waals surface area contributed by atoms with Crippen molar-refractivity contribution in [2.45, 2.75) is 24.3 Å². The van der Waals surface area contributed by atoms with Gasteiger partial charge in [0, 0.05) is 24.7 Å². The zero-order valence-corrected chi connectivity index (χ0v) is 16.7. The van der Waals surface area contributed by atoms with Crippen molar-refractivity contribution in [3.8, 4) is 0 Å². The molecule has 0 spiro atoms. The van der Waals surface area contributed by atoms with Gasteiger partial charge in [0.25, 0.3) is 5.91 Å². The van der Waals surface area contributed by atoms with Crippen LogP contribution in [0.3, 0.4) is 0 Å². The van der Waals surface area contributed by atoms with E-state index in [0.717, 1.165) is 13.0 Å². The Balaban J connectivity index is 0.00000261. The second-order valence-electron chi connectivity index (χ2n) is 6.19. The zero-order valence-electron chi connectivity index (χ0n) is 15.1. The lowest BCUT2D eigenvalue weighted by molar-refractivity contribution is 0.0949. The first-order valence-electron chi connectivity index (χ1n) is 8.70. The van der Waals surface area contributed by atoms with Crippen molar-refractivity contribution in [3.05, 3.63) is 65.2 Å². The summed E-state index contributed by atoms with van der Waals surface area (Å²) in [6.45, 7) is 3.40. The van der Waals surface area contributed by atoms with E-state index < -0.39 is 10.0 Å². The third-order valence-corrected chi connectivity index (χ3v) is 6.00. The van der Waals surface area contributed by atoms with E-state index in [-0.39, 0.29) is 29.3 Å². The maximum atomic E-state index is 12.4. The van der Waals surface area contributed by atoms with Crippen LogP contribution in [0.25, 0.3) is 0 Å². The highest BCUT2D eigenvalue weighted by Gasteiger charge is 2.20. The average molecular weight is 410 g/mol. The first-order chi connectivity index (χ1) is 12.5. The van der Waals surface area contributed by atoms with E-state index >= 15 is 0 Å². The summed E-state index contributed by atoms with van der Waals surface area (Å²) in [6.07, 6.45) is 0.988. The molecule has 3 N–H and O–H groups in total. The summed E-state index contributed by atoms with van der Waals surface area (Å²) in [7, 11) is -3.51. The van der Waals surface area contributed by atoms with Crippen LogP contribution in [0, 0.1) is 0 Å². The van der Waals surface area contributed by atoms with Gasteiger partial charge < -0.3 is 10.6 Å². The molecule has 1 amide bonds. The third kappa shape index (κ3) is 5.07. The van der Waals surface area contributed by atoms with Gasteiger partial charge in [0.15, 0.2) is 0 Å². The molecule has 2 aromatic carbocycles. The standard InChI is InChI=1S/C19H23N3O3S.ClH/c1-2-22-26(24,25)16-9-7-15(8-10-16)19(23)21-13-18-17-6-4-3-5-14(17)11-12-20-18;/h3-10,18,20,22H,2,11-13H2,1H3,(H,21,23);1H. The monoisotopic (exact) mass is 409 g/mol. The number of benzene rings is 2. The lowest BCUT2D eigenvalue weighted by Crippen LogP contribution is -2.38. The largest absolute Gasteiger partial charge is 0.350 e. The SMILES string of the molecule is CCNS(=O)(=O)c1ccc(C(=O)NCC2NCCc3ccccc32)cc1.Cl. The lowest BCUT2D eigenvalue weighted by Gasteiger charge is -2.27. The van der Waals surface area contributed by atoms with Crippen LogP contribution in [-0.2, 0) is 16.4 Å². The first-order valence-corrected chi connectivity index (χ1v) is 10.2. The molecule has 0 saturated carbocycles. The molecule has 1 atom stereocenters. The van der Waals surface area contributed by atoms with E-state index in [0.29, 0.717) is 18.7 Å². The van der Waals surface area contributed by atoms with Gasteiger partial charge >= 0.3 is 0 Å². The molecule has 0 fully saturated rings. The Morgan fingerprint density at radius 2 is 1.85 bits per heavy atom. The second kappa shape index (κ2) is 9.32. The van der Waals surface area contributed by atoms with Crippen LogP contribution in [0.5, 0.6) is 0 Å². The number of carbonyl (C=O) groups is 1. The molecule has 146 valence electrons. The minimum absolute atomic E-state index is 0. The Labute approximate surface area is 166 Å². The summed E-state index contributed by atoms with van der Waals surface area (Å²) >= 11 is 0. The number of rotatable bonds is 6. The summed E-state index contributed by atoms with van der Waals surface area (Å²) in [5.74, 6) is -0.220. The fourth-order valence-corrected chi connectivity index (χ4v) is 4.17. The topological polar surface area (TPSA) is 87.3 Å². The van der Waals surface area contributed by atoms with Gasteiger partial charge in [-0.25, -0.2) is 13.1 Å². The third-order valence-electron chi connectivity index (χ3n) is 4.44. The second-order valence-corrected chi connectivity index (χ2v) is 7.96. The van der Waals surface area contributed by atoms with Gasteiger partial charge in [0.2, 0.25) is 10.0 Å². The molecule has 0 radical (unpaired) electrons. The fourth-order valence-electron chi connectivity index (χ4n) is 3.13. The molecule has 8 heteroatoms. The number of carbonyl (C=O) groups excluding carboxylic acids is 1. The highest BCUT2D eigenvalue weighted by molar-refractivity contribution is 7.89. The Morgan fingerprint density at radius 1 is 1.15 bits per heavy atom. The van der Waals surface area contributed by atoms with Crippen molar-refractivity contribution in [2.75, 3.05) is 19.6 Å². The van der Waals surface area contributed by atoms with Gasteiger partial charge in [-0.15, -0.1) is 12.4 Å². The molecule has 6 nitrogen and oxygen atoms in total. The van der Waals surface area contributed by atoms with E-state index in [1.54, 1.807) is 6.92 Å². The minimum atomic E-state index is -3.51. The predicted octanol–water partition coefficient (Wildman–Crippen LogP) is 2.02. The van der Waals surface area contributed by atoms with E-state index in [4.69, 9.17) is 0 Å². The van der Waals surface area contributed by atoms with E-state index in [1.807, 2.05) is 12.1 Å². The number of halogens is 1. The van der Waals surface area contributed by atoms with Gasteiger partial charge in [-0.1, -0.05) is 31.2 Å². The highest BCUT2D eigenvalue weighted by Crippen LogP contribution is 2.22. The predicted molar refractivity (Wildman–Crippen MR) is 108 cm³/mol. The zero-order chi connectivity index (χ0) is 18.6. The van der Waals surface area contributed by atoms with E-state index in [2.05, 4.69) is 27.5 Å². The minimum Gasteiger partial charge on any atom is -0.350 e. The summed E-state index contributed by atoms with van der Waals surface area (Å²) in [5.41, 5.74) is 2.96. The number of nitrogens with one attached hydrogen (secondary N) is 3. The first kappa shape index (κ1) is 21.4. The van der Waals surface area contributed by atoms with Crippen LogP contribution in [0.1, 0.15) is 34.5 Å². The number of amides is 1. The quantitative estimate of drug-likeness (QED) is 0.681. The molecule has 1 heterocycles. The van der Waals surface area contributed by atoms with Crippen LogP contribution in [-0.4, -0.2) is 34.0 Å². The lowest BCUT2D eigenvalue weighted by atomic mass is 9.94. The average Bonchev–Trinajstić information content (AvgIpc) is 2.66. The van der Waals surface area contributed by atoms with E-state index in [9.17, 15) is 13.2 Å². The van der Waals surface area contributed by atoms with Crippen molar-refractivity contribution in [3.63, 3.8) is 0 Å². The molecule has 0 bridgehead atoms. The van der Waals surface area contributed by atoms with Gasteiger partial charge in [0.05, 0.1) is 4.90 Å². The molecular formula is C19H24ClN3O3S. The van der Waals surface area contributed by atoms with Crippen LogP contribution in [0.4, 0.5) is 0 Å². The van der Waals surface area contributed by atoms with Gasteiger partial charge in [0.1, 0.15) is 0 Å². The van der Waals surface area contributed by atoms with Gasteiger partial charge in [-0.3, -0.25) is 4.79 Å². The smallest absolute Gasteiger partial charge is 0.251 e. The number of hydrogen-bond donors (Lipinski definition) is 3. The maximum Gasteiger partial charge on any atom is 0.251 e. The number of hydrogen-bond acceptors (Lipinski definition) is 4. The Hall–Kier alpha value is -1.93. The van der Waals surface area contributed by atoms with Crippen LogP contribution in [0.2, 0.25) is 0 Å². The van der Waals surface area contributed by atoms with Crippen LogP contribution < -0.4 is 15.4 Å². The highest BCUT2D eigenvalue weighted by atomic mass is 35.5. The molecule has 0 aromatic heterocycles. The van der Waals surface area contributed by atoms with E-state index in [1.165, 1.54) is 35.4 Å². The molecule has 1 aliphatic heterocycles.